The molecule has 0 spiro atoms. The van der Waals surface area contributed by atoms with E-state index in [0.717, 1.165) is 26.8 Å². The third kappa shape index (κ3) is 4.26. The van der Waals surface area contributed by atoms with E-state index in [0.29, 0.717) is 23.1 Å². The van der Waals surface area contributed by atoms with Gasteiger partial charge in [-0.3, -0.25) is 5.10 Å². The largest absolute Gasteiger partial charge is 0.322 e. The molecule has 6 heteroatoms. The van der Waals surface area contributed by atoms with Crippen molar-refractivity contribution in [1.29, 1.82) is 0 Å². The normalized spacial score (nSPS) is 12.7. The van der Waals surface area contributed by atoms with Crippen molar-refractivity contribution in [2.75, 3.05) is 5.32 Å². The first-order chi connectivity index (χ1) is 13.1. The number of hydrogen-bond donors (Lipinski definition) is 2. The van der Waals surface area contributed by atoms with Crippen LogP contribution in [0.4, 0.5) is 11.6 Å². The number of allylic oxidation sites excluding steroid dienone is 1. The summed E-state index contributed by atoms with van der Waals surface area (Å²) in [5, 5.41) is 10.6. The fraction of sp³-hybridized carbons (Fsp3) is 0.286. The second-order valence-electron chi connectivity index (χ2n) is 6.15. The third-order valence-corrected chi connectivity index (χ3v) is 5.30. The lowest BCUT2D eigenvalue weighted by Gasteiger charge is -2.06. The molecule has 0 aliphatic heterocycles. The zero-order valence-electron chi connectivity index (χ0n) is 15.8. The molecule has 27 heavy (non-hydrogen) atoms. The van der Waals surface area contributed by atoms with Gasteiger partial charge in [0.05, 0.1) is 10.4 Å². The SMILES string of the molecule is C#Cc1cnc(-c2ccc(C(=C)C)s2)nc1Nc1cc(C2CC2)[nH]n1.CC. The molecule has 1 fully saturated rings. The van der Waals surface area contributed by atoms with E-state index < -0.39 is 0 Å². The average Bonchev–Trinajstić information content (AvgIpc) is 3.22. The Balaban J connectivity index is 0.00000102. The van der Waals surface area contributed by atoms with Crippen LogP contribution in [0.2, 0.25) is 0 Å². The number of aromatic amines is 1. The highest BCUT2D eigenvalue weighted by Gasteiger charge is 2.25. The fourth-order valence-corrected chi connectivity index (χ4v) is 3.39. The number of rotatable bonds is 5. The zero-order chi connectivity index (χ0) is 19.4. The van der Waals surface area contributed by atoms with Crippen LogP contribution in [0.25, 0.3) is 16.3 Å². The molecule has 0 unspecified atom stereocenters. The zero-order valence-corrected chi connectivity index (χ0v) is 16.7. The van der Waals surface area contributed by atoms with Crippen LogP contribution >= 0.6 is 11.3 Å². The molecule has 5 nitrogen and oxygen atoms in total. The highest BCUT2D eigenvalue weighted by atomic mass is 32.1. The summed E-state index contributed by atoms with van der Waals surface area (Å²) in [5.74, 6) is 5.18. The van der Waals surface area contributed by atoms with Crippen LogP contribution in [-0.4, -0.2) is 20.2 Å². The summed E-state index contributed by atoms with van der Waals surface area (Å²) in [6.45, 7) is 9.96. The van der Waals surface area contributed by atoms with Gasteiger partial charge in [0, 0.05) is 28.8 Å². The summed E-state index contributed by atoms with van der Waals surface area (Å²) >= 11 is 1.61. The molecule has 3 aromatic rings. The number of hydrogen-bond acceptors (Lipinski definition) is 5. The summed E-state index contributed by atoms with van der Waals surface area (Å²) in [6.07, 6.45) is 9.70. The van der Waals surface area contributed by atoms with E-state index in [1.54, 1.807) is 17.5 Å². The van der Waals surface area contributed by atoms with Gasteiger partial charge in [-0.1, -0.05) is 26.3 Å². The number of terminal acetylenes is 1. The molecule has 0 saturated heterocycles. The monoisotopic (exact) mass is 377 g/mol. The minimum atomic E-state index is 0.589. The Morgan fingerprint density at radius 1 is 1.37 bits per heavy atom. The van der Waals surface area contributed by atoms with E-state index in [2.05, 4.69) is 38.0 Å². The molecule has 4 rings (SSSR count). The lowest BCUT2D eigenvalue weighted by molar-refractivity contribution is 0.966. The van der Waals surface area contributed by atoms with Crippen molar-refractivity contribution in [2.45, 2.75) is 39.5 Å². The smallest absolute Gasteiger partial charge is 0.171 e. The topological polar surface area (TPSA) is 66.5 Å². The quantitative estimate of drug-likeness (QED) is 0.569. The van der Waals surface area contributed by atoms with Gasteiger partial charge in [0.25, 0.3) is 0 Å². The van der Waals surface area contributed by atoms with Crippen LogP contribution in [0.15, 0.2) is 31.0 Å². The van der Waals surface area contributed by atoms with Crippen molar-refractivity contribution >= 4 is 28.5 Å². The summed E-state index contributed by atoms with van der Waals surface area (Å²) in [6, 6.07) is 6.05. The highest BCUT2D eigenvalue weighted by molar-refractivity contribution is 7.16. The number of anilines is 2. The molecule has 0 amide bonds. The van der Waals surface area contributed by atoms with Crippen molar-refractivity contribution in [3.63, 3.8) is 0 Å². The van der Waals surface area contributed by atoms with Crippen LogP contribution in [0.3, 0.4) is 0 Å². The maximum Gasteiger partial charge on any atom is 0.171 e. The van der Waals surface area contributed by atoms with Gasteiger partial charge in [0.1, 0.15) is 0 Å². The number of H-pyrrole nitrogens is 1. The lowest BCUT2D eigenvalue weighted by atomic mass is 10.3. The van der Waals surface area contributed by atoms with Crippen LogP contribution in [0, 0.1) is 12.3 Å². The van der Waals surface area contributed by atoms with Crippen LogP contribution in [0.1, 0.15) is 55.7 Å². The van der Waals surface area contributed by atoms with Crippen molar-refractivity contribution in [3.8, 4) is 23.0 Å². The molecule has 138 valence electrons. The van der Waals surface area contributed by atoms with E-state index in [4.69, 9.17) is 6.42 Å². The first-order valence-corrected chi connectivity index (χ1v) is 9.88. The van der Waals surface area contributed by atoms with E-state index in [9.17, 15) is 0 Å². The summed E-state index contributed by atoms with van der Waals surface area (Å²) in [7, 11) is 0. The van der Waals surface area contributed by atoms with Crippen LogP contribution in [-0.2, 0) is 0 Å². The van der Waals surface area contributed by atoms with Gasteiger partial charge < -0.3 is 5.32 Å². The van der Waals surface area contributed by atoms with E-state index in [1.165, 1.54) is 12.8 Å². The van der Waals surface area contributed by atoms with Gasteiger partial charge in [-0.15, -0.1) is 17.8 Å². The Morgan fingerprint density at radius 2 is 2.15 bits per heavy atom. The standard InChI is InChI=1S/C19H17N5S.C2H6/c1-4-12-10-20-19(16-8-7-15(25-16)11(2)3)22-18(12)21-17-9-14(23-24-17)13-5-6-13;1-2/h1,7-10,13H,2,5-6H2,3H3,(H2,20,21,22,23,24);1-2H3. The molecule has 2 N–H and O–H groups in total. The summed E-state index contributed by atoms with van der Waals surface area (Å²) in [4.78, 5) is 11.1. The summed E-state index contributed by atoms with van der Waals surface area (Å²) < 4.78 is 0. The Morgan fingerprint density at radius 3 is 2.78 bits per heavy atom. The van der Waals surface area contributed by atoms with Gasteiger partial charge >= 0.3 is 0 Å². The van der Waals surface area contributed by atoms with E-state index in [-0.39, 0.29) is 0 Å². The van der Waals surface area contributed by atoms with Crippen molar-refractivity contribution in [3.05, 3.63) is 47.1 Å². The second-order valence-corrected chi connectivity index (χ2v) is 7.24. The van der Waals surface area contributed by atoms with Crippen molar-refractivity contribution < 1.29 is 0 Å². The van der Waals surface area contributed by atoms with Gasteiger partial charge in [-0.25, -0.2) is 9.97 Å². The van der Waals surface area contributed by atoms with Gasteiger partial charge in [-0.05, 0) is 37.5 Å². The van der Waals surface area contributed by atoms with E-state index >= 15 is 0 Å². The van der Waals surface area contributed by atoms with Gasteiger partial charge in [0.15, 0.2) is 17.5 Å². The molecule has 1 aliphatic rings. The minimum absolute atomic E-state index is 0.589. The molecule has 1 aliphatic carbocycles. The number of aromatic nitrogens is 4. The van der Waals surface area contributed by atoms with Crippen LogP contribution in [0.5, 0.6) is 0 Å². The minimum Gasteiger partial charge on any atom is -0.322 e. The first kappa shape index (κ1) is 18.9. The second kappa shape index (κ2) is 8.19. The maximum atomic E-state index is 5.59. The van der Waals surface area contributed by atoms with Crippen LogP contribution < -0.4 is 5.32 Å². The summed E-state index contributed by atoms with van der Waals surface area (Å²) in [5.41, 5.74) is 2.79. The number of thiophene rings is 1. The molecular formula is C21H23N5S. The van der Waals surface area contributed by atoms with Gasteiger partial charge in [-0.2, -0.15) is 5.10 Å². The Hall–Kier alpha value is -2.91. The van der Waals surface area contributed by atoms with Crippen molar-refractivity contribution in [2.24, 2.45) is 0 Å². The Kier molecular flexibility index (Phi) is 5.72. The first-order valence-electron chi connectivity index (χ1n) is 9.06. The average molecular weight is 378 g/mol. The molecule has 0 bridgehead atoms. The highest BCUT2D eigenvalue weighted by Crippen LogP contribution is 2.39. The predicted octanol–water partition coefficient (Wildman–Crippen LogP) is 5.59. The number of nitrogens with one attached hydrogen (secondary N) is 2. The Bertz CT molecular complexity index is 988. The molecule has 0 atom stereocenters. The predicted molar refractivity (Wildman–Crippen MR) is 113 cm³/mol. The van der Waals surface area contributed by atoms with Crippen molar-refractivity contribution in [1.82, 2.24) is 20.2 Å². The molecule has 0 radical (unpaired) electrons. The maximum absolute atomic E-state index is 5.59. The molecule has 1 saturated carbocycles. The lowest BCUT2D eigenvalue weighted by Crippen LogP contribution is -2.00. The fourth-order valence-electron chi connectivity index (χ4n) is 2.51. The molecular weight excluding hydrogens is 354 g/mol. The third-order valence-electron chi connectivity index (χ3n) is 4.05. The van der Waals surface area contributed by atoms with E-state index in [1.807, 2.05) is 39.0 Å². The number of nitrogens with zero attached hydrogens (tertiary/aromatic N) is 3. The Labute approximate surface area is 164 Å². The molecule has 3 aromatic heterocycles. The molecule has 3 heterocycles. The van der Waals surface area contributed by atoms with Gasteiger partial charge in [0.2, 0.25) is 0 Å². The molecule has 0 aromatic carbocycles.